The number of thiocarbonyl (C=S) groups is 1. The minimum Gasteiger partial charge on any atom is -0.352 e. The van der Waals surface area contributed by atoms with E-state index in [9.17, 15) is 4.39 Å². The van der Waals surface area contributed by atoms with E-state index in [-0.39, 0.29) is 17.1 Å². The van der Waals surface area contributed by atoms with Gasteiger partial charge in [-0.1, -0.05) is 30.5 Å². The highest BCUT2D eigenvalue weighted by Crippen LogP contribution is 2.43. The van der Waals surface area contributed by atoms with Gasteiger partial charge in [-0.3, -0.25) is 4.98 Å². The number of nitrogens with zero attached hydrogens (tertiary/aromatic N) is 3. The van der Waals surface area contributed by atoms with E-state index >= 15 is 0 Å². The third-order valence-corrected chi connectivity index (χ3v) is 6.74. The lowest BCUT2D eigenvalue weighted by molar-refractivity contribution is 0.239. The van der Waals surface area contributed by atoms with E-state index in [2.05, 4.69) is 25.8 Å². The Hall–Kier alpha value is -2.44. The molecular formula is C23H22ClFN4S. The van der Waals surface area contributed by atoms with Crippen molar-refractivity contribution in [1.82, 2.24) is 19.8 Å². The first-order valence-corrected chi connectivity index (χ1v) is 11.0. The topological polar surface area (TPSA) is 33.1 Å². The Morgan fingerprint density at radius 3 is 2.67 bits per heavy atom. The van der Waals surface area contributed by atoms with Crippen LogP contribution in [0.25, 0.3) is 5.69 Å². The van der Waals surface area contributed by atoms with Crippen molar-refractivity contribution in [1.29, 1.82) is 0 Å². The zero-order valence-electron chi connectivity index (χ0n) is 16.3. The predicted molar refractivity (Wildman–Crippen MR) is 120 cm³/mol. The standard InChI is InChI=1S/C23H22ClFN4S/c24-17-14-16(10-11-18(17)25)28-13-5-9-20(28)22-21(19-8-3-4-12-26-19)27-23(30)29(22)15-6-1-2-7-15/h3-5,8-15,21-22H,1-2,6-7H2,(H,27,30)/t21-,22+/m1/s1. The lowest BCUT2D eigenvalue weighted by Gasteiger charge is -2.33. The van der Waals surface area contributed by atoms with Crippen LogP contribution in [0.1, 0.15) is 49.2 Å². The lowest BCUT2D eigenvalue weighted by atomic mass is 9.99. The van der Waals surface area contributed by atoms with Gasteiger partial charge in [0.05, 0.1) is 22.8 Å². The van der Waals surface area contributed by atoms with Gasteiger partial charge in [0, 0.05) is 29.8 Å². The maximum absolute atomic E-state index is 13.8. The molecule has 0 bridgehead atoms. The molecule has 1 saturated heterocycles. The number of rotatable bonds is 4. The lowest BCUT2D eigenvalue weighted by Crippen LogP contribution is -2.38. The number of benzene rings is 1. The van der Waals surface area contributed by atoms with Crippen molar-refractivity contribution in [2.45, 2.75) is 43.8 Å². The molecule has 2 fully saturated rings. The van der Waals surface area contributed by atoms with Crippen molar-refractivity contribution in [3.8, 4) is 5.69 Å². The zero-order chi connectivity index (χ0) is 20.7. The summed E-state index contributed by atoms with van der Waals surface area (Å²) in [6, 6.07) is 15.2. The molecule has 30 heavy (non-hydrogen) atoms. The monoisotopic (exact) mass is 440 g/mol. The minimum atomic E-state index is -0.420. The van der Waals surface area contributed by atoms with E-state index < -0.39 is 5.82 Å². The summed E-state index contributed by atoms with van der Waals surface area (Å²) < 4.78 is 15.8. The summed E-state index contributed by atoms with van der Waals surface area (Å²) in [6.45, 7) is 0. The van der Waals surface area contributed by atoms with Crippen LogP contribution < -0.4 is 5.32 Å². The van der Waals surface area contributed by atoms with Crippen LogP contribution in [0.5, 0.6) is 0 Å². The Balaban J connectivity index is 1.62. The van der Waals surface area contributed by atoms with Gasteiger partial charge in [0.2, 0.25) is 0 Å². The zero-order valence-corrected chi connectivity index (χ0v) is 17.9. The van der Waals surface area contributed by atoms with Gasteiger partial charge in [0.1, 0.15) is 5.82 Å². The second kappa shape index (κ2) is 8.00. The van der Waals surface area contributed by atoms with E-state index in [4.69, 9.17) is 23.8 Å². The third-order valence-electron chi connectivity index (χ3n) is 6.12. The molecule has 2 atom stereocenters. The second-order valence-electron chi connectivity index (χ2n) is 7.87. The maximum Gasteiger partial charge on any atom is 0.170 e. The summed E-state index contributed by atoms with van der Waals surface area (Å²) in [5.74, 6) is -0.420. The molecule has 2 aliphatic rings. The number of pyridine rings is 1. The van der Waals surface area contributed by atoms with Crippen LogP contribution in [0, 0.1) is 5.82 Å². The Morgan fingerprint density at radius 2 is 1.93 bits per heavy atom. The Bertz CT molecular complexity index is 1060. The number of nitrogens with one attached hydrogen (secondary N) is 1. The van der Waals surface area contributed by atoms with E-state index in [0.29, 0.717) is 6.04 Å². The maximum atomic E-state index is 13.8. The number of hydrogen-bond acceptors (Lipinski definition) is 2. The summed E-state index contributed by atoms with van der Waals surface area (Å²) in [5, 5.41) is 4.41. The first-order chi connectivity index (χ1) is 14.6. The molecule has 1 aliphatic heterocycles. The average Bonchev–Trinajstić information content (AvgIpc) is 3.50. The van der Waals surface area contributed by atoms with Crippen LogP contribution in [-0.4, -0.2) is 25.6 Å². The smallest absolute Gasteiger partial charge is 0.170 e. The highest BCUT2D eigenvalue weighted by atomic mass is 35.5. The molecule has 0 spiro atoms. The first-order valence-electron chi connectivity index (χ1n) is 10.3. The first kappa shape index (κ1) is 19.5. The van der Waals surface area contributed by atoms with Crippen molar-refractivity contribution in [2.75, 3.05) is 0 Å². The van der Waals surface area contributed by atoms with Crippen LogP contribution >= 0.6 is 23.8 Å². The van der Waals surface area contributed by atoms with Gasteiger partial charge in [-0.15, -0.1) is 0 Å². The van der Waals surface area contributed by atoms with Crippen molar-refractivity contribution < 1.29 is 4.39 Å². The Morgan fingerprint density at radius 1 is 1.10 bits per heavy atom. The average molecular weight is 441 g/mol. The fraction of sp³-hybridized carbons (Fsp3) is 0.304. The normalized spacial score (nSPS) is 21.9. The highest BCUT2D eigenvalue weighted by molar-refractivity contribution is 7.80. The summed E-state index contributed by atoms with van der Waals surface area (Å²) in [7, 11) is 0. The quantitative estimate of drug-likeness (QED) is 0.537. The van der Waals surface area contributed by atoms with Crippen LogP contribution in [0.2, 0.25) is 5.02 Å². The molecule has 154 valence electrons. The van der Waals surface area contributed by atoms with Crippen LogP contribution in [0.3, 0.4) is 0 Å². The fourth-order valence-corrected chi connectivity index (χ4v) is 5.33. The SMILES string of the molecule is Fc1ccc(-n2cccc2[C@H]2[C@@H](c3ccccn3)NC(=S)N2C2CCCC2)cc1Cl. The van der Waals surface area contributed by atoms with Gasteiger partial charge in [-0.25, -0.2) is 4.39 Å². The summed E-state index contributed by atoms with van der Waals surface area (Å²) in [4.78, 5) is 6.98. The van der Waals surface area contributed by atoms with Crippen LogP contribution in [0.15, 0.2) is 60.9 Å². The predicted octanol–water partition coefficient (Wildman–Crippen LogP) is 5.58. The molecule has 3 aromatic rings. The van der Waals surface area contributed by atoms with Gasteiger partial charge < -0.3 is 14.8 Å². The molecule has 1 saturated carbocycles. The van der Waals surface area contributed by atoms with Crippen LogP contribution in [-0.2, 0) is 0 Å². The van der Waals surface area contributed by atoms with Gasteiger partial charge in [0.25, 0.3) is 0 Å². The molecule has 1 N–H and O–H groups in total. The van der Waals surface area contributed by atoms with Gasteiger partial charge >= 0.3 is 0 Å². The van der Waals surface area contributed by atoms with E-state index in [1.54, 1.807) is 12.1 Å². The number of aromatic nitrogens is 2. The molecule has 1 aliphatic carbocycles. The molecule has 1 aromatic carbocycles. The molecule has 7 heteroatoms. The largest absolute Gasteiger partial charge is 0.352 e. The van der Waals surface area contributed by atoms with E-state index in [1.165, 1.54) is 18.9 Å². The van der Waals surface area contributed by atoms with Gasteiger partial charge in [-0.05, 0) is 67.5 Å². The molecular weight excluding hydrogens is 419 g/mol. The summed E-state index contributed by atoms with van der Waals surface area (Å²) in [5.41, 5.74) is 2.85. The number of halogens is 2. The summed E-state index contributed by atoms with van der Waals surface area (Å²) >= 11 is 11.9. The molecule has 0 radical (unpaired) electrons. The van der Waals surface area contributed by atoms with Crippen molar-refractivity contribution in [3.05, 3.63) is 83.2 Å². The third kappa shape index (κ3) is 3.38. The van der Waals surface area contributed by atoms with Crippen molar-refractivity contribution in [2.24, 2.45) is 0 Å². The molecule has 5 rings (SSSR count). The van der Waals surface area contributed by atoms with Crippen molar-refractivity contribution in [3.63, 3.8) is 0 Å². The molecule has 0 amide bonds. The van der Waals surface area contributed by atoms with Crippen LogP contribution in [0.4, 0.5) is 4.39 Å². The van der Waals surface area contributed by atoms with Gasteiger partial charge in [-0.2, -0.15) is 0 Å². The minimum absolute atomic E-state index is 0.0191. The highest BCUT2D eigenvalue weighted by Gasteiger charge is 2.44. The van der Waals surface area contributed by atoms with Crippen molar-refractivity contribution >= 4 is 28.9 Å². The molecule has 2 aromatic heterocycles. The Kier molecular flexibility index (Phi) is 5.21. The Labute approximate surface area is 185 Å². The van der Waals surface area contributed by atoms with E-state index in [0.717, 1.165) is 35.0 Å². The number of hydrogen-bond donors (Lipinski definition) is 1. The summed E-state index contributed by atoms with van der Waals surface area (Å²) in [6.07, 6.45) is 8.52. The fourth-order valence-electron chi connectivity index (χ4n) is 4.76. The molecule has 4 nitrogen and oxygen atoms in total. The molecule has 0 unspecified atom stereocenters. The van der Waals surface area contributed by atoms with E-state index in [1.807, 2.05) is 36.7 Å². The van der Waals surface area contributed by atoms with Gasteiger partial charge in [0.15, 0.2) is 5.11 Å². The second-order valence-corrected chi connectivity index (χ2v) is 8.67. The molecule has 3 heterocycles.